The van der Waals surface area contributed by atoms with Gasteiger partial charge in [-0.2, -0.15) is 0 Å². The first-order valence-corrected chi connectivity index (χ1v) is 7.65. The minimum Gasteiger partial charge on any atom is -0.491 e. The Balaban J connectivity index is 2.15. The van der Waals surface area contributed by atoms with E-state index in [9.17, 15) is 0 Å². The number of ether oxygens (including phenoxy) is 1. The number of nitrogen functional groups attached to an aromatic ring is 1. The van der Waals surface area contributed by atoms with Crippen LogP contribution in [0.25, 0.3) is 16.7 Å². The molecule has 0 unspecified atom stereocenters. The Labute approximate surface area is 131 Å². The third-order valence-electron chi connectivity index (χ3n) is 3.22. The van der Waals surface area contributed by atoms with E-state index in [0.29, 0.717) is 12.6 Å². The molecule has 0 saturated heterocycles. The van der Waals surface area contributed by atoms with Gasteiger partial charge in [-0.05, 0) is 42.8 Å². The molecule has 5 heteroatoms. The summed E-state index contributed by atoms with van der Waals surface area (Å²) in [5.74, 6) is 1.23. The van der Waals surface area contributed by atoms with Gasteiger partial charge in [0.05, 0.1) is 12.1 Å². The lowest BCUT2D eigenvalue weighted by Gasteiger charge is -2.08. The van der Waals surface area contributed by atoms with E-state index in [0.717, 1.165) is 33.4 Å². The fraction of sp³-hybridized carbons (Fsp3) is 0.188. The molecule has 2 N–H and O–H groups in total. The Morgan fingerprint density at radius 3 is 2.67 bits per heavy atom. The number of benzene rings is 2. The van der Waals surface area contributed by atoms with Gasteiger partial charge in [-0.15, -0.1) is 0 Å². The molecule has 0 bridgehead atoms. The second-order valence-corrected chi connectivity index (χ2v) is 5.67. The van der Waals surface area contributed by atoms with Gasteiger partial charge in [0, 0.05) is 10.2 Å². The molecule has 0 radical (unpaired) electrons. The van der Waals surface area contributed by atoms with Crippen molar-refractivity contribution >= 4 is 32.9 Å². The molecule has 0 fully saturated rings. The largest absolute Gasteiger partial charge is 0.491 e. The van der Waals surface area contributed by atoms with Crippen molar-refractivity contribution in [2.75, 3.05) is 12.3 Å². The van der Waals surface area contributed by atoms with Crippen LogP contribution >= 0.6 is 15.9 Å². The number of hydrogen-bond acceptors (Lipinski definition) is 3. The second kappa shape index (κ2) is 5.77. The molecule has 1 heterocycles. The Morgan fingerprint density at radius 1 is 1.19 bits per heavy atom. The number of anilines is 1. The number of halogens is 1. The van der Waals surface area contributed by atoms with Gasteiger partial charge < -0.3 is 10.5 Å². The summed E-state index contributed by atoms with van der Waals surface area (Å²) in [5, 5.41) is 0. The highest BCUT2D eigenvalue weighted by Crippen LogP contribution is 2.30. The number of nitrogens with two attached hydrogens (primary N) is 1. The zero-order valence-electron chi connectivity index (χ0n) is 11.7. The number of imidazole rings is 1. The van der Waals surface area contributed by atoms with E-state index < -0.39 is 0 Å². The fourth-order valence-corrected chi connectivity index (χ4v) is 2.55. The standard InChI is InChI=1S/C16H16BrN3O/c1-2-10-21-14-5-3-4-13-15(14)19-16(18)20(13)12-8-6-11(17)7-9-12/h3-9H,2,10H2,1H3,(H2,18,19). The summed E-state index contributed by atoms with van der Waals surface area (Å²) in [4.78, 5) is 4.47. The molecule has 4 nitrogen and oxygen atoms in total. The van der Waals surface area contributed by atoms with Crippen LogP contribution < -0.4 is 10.5 Å². The summed E-state index contributed by atoms with van der Waals surface area (Å²) in [6.07, 6.45) is 0.958. The molecule has 0 saturated carbocycles. The first kappa shape index (κ1) is 13.9. The van der Waals surface area contributed by atoms with Gasteiger partial charge in [-0.25, -0.2) is 4.98 Å². The molecule has 3 aromatic rings. The third-order valence-corrected chi connectivity index (χ3v) is 3.75. The van der Waals surface area contributed by atoms with Crippen molar-refractivity contribution in [3.63, 3.8) is 0 Å². The zero-order chi connectivity index (χ0) is 14.8. The number of fused-ring (bicyclic) bond motifs is 1. The van der Waals surface area contributed by atoms with Crippen LogP contribution in [-0.2, 0) is 0 Å². The van der Waals surface area contributed by atoms with Crippen LogP contribution in [-0.4, -0.2) is 16.2 Å². The van der Waals surface area contributed by atoms with Gasteiger partial charge in [0.2, 0.25) is 5.95 Å². The average molecular weight is 346 g/mol. The van der Waals surface area contributed by atoms with Crippen molar-refractivity contribution in [3.05, 3.63) is 46.9 Å². The quantitative estimate of drug-likeness (QED) is 0.772. The third kappa shape index (κ3) is 2.61. The lowest BCUT2D eigenvalue weighted by Crippen LogP contribution is -2.00. The Hall–Kier alpha value is -2.01. The van der Waals surface area contributed by atoms with Gasteiger partial charge >= 0.3 is 0 Å². The summed E-state index contributed by atoms with van der Waals surface area (Å²) < 4.78 is 8.71. The van der Waals surface area contributed by atoms with Crippen molar-refractivity contribution in [1.82, 2.24) is 9.55 Å². The number of aromatic nitrogens is 2. The summed E-state index contributed by atoms with van der Waals surface area (Å²) in [5.41, 5.74) is 8.83. The normalized spacial score (nSPS) is 11.0. The van der Waals surface area contributed by atoms with Crippen LogP contribution in [0.2, 0.25) is 0 Å². The van der Waals surface area contributed by atoms with Gasteiger partial charge in [-0.3, -0.25) is 4.57 Å². The average Bonchev–Trinajstić information content (AvgIpc) is 2.83. The SMILES string of the molecule is CCCOc1cccc2c1nc(N)n2-c1ccc(Br)cc1. The van der Waals surface area contributed by atoms with Crippen LogP contribution in [0.5, 0.6) is 5.75 Å². The second-order valence-electron chi connectivity index (χ2n) is 4.75. The first-order chi connectivity index (χ1) is 10.2. The highest BCUT2D eigenvalue weighted by atomic mass is 79.9. The van der Waals surface area contributed by atoms with Gasteiger partial charge in [-0.1, -0.05) is 28.9 Å². The van der Waals surface area contributed by atoms with Gasteiger partial charge in [0.25, 0.3) is 0 Å². The van der Waals surface area contributed by atoms with E-state index in [1.165, 1.54) is 0 Å². The minimum atomic E-state index is 0.458. The molecule has 0 spiro atoms. The molecule has 0 aliphatic rings. The topological polar surface area (TPSA) is 53.1 Å². The molecule has 21 heavy (non-hydrogen) atoms. The monoisotopic (exact) mass is 345 g/mol. The van der Waals surface area contributed by atoms with Crippen LogP contribution in [0.15, 0.2) is 46.9 Å². The zero-order valence-corrected chi connectivity index (χ0v) is 13.3. The lowest BCUT2D eigenvalue weighted by molar-refractivity contribution is 0.320. The maximum absolute atomic E-state index is 6.11. The molecule has 0 aliphatic heterocycles. The fourth-order valence-electron chi connectivity index (χ4n) is 2.28. The summed E-state index contributed by atoms with van der Waals surface area (Å²) in [6, 6.07) is 13.9. The van der Waals surface area contributed by atoms with E-state index in [1.807, 2.05) is 47.0 Å². The predicted molar refractivity (Wildman–Crippen MR) is 89.0 cm³/mol. The molecule has 3 rings (SSSR count). The molecule has 0 atom stereocenters. The molecular formula is C16H16BrN3O. The predicted octanol–water partition coefficient (Wildman–Crippen LogP) is 4.16. The summed E-state index contributed by atoms with van der Waals surface area (Å²) in [6.45, 7) is 2.75. The minimum absolute atomic E-state index is 0.458. The van der Waals surface area contributed by atoms with Crippen LogP contribution in [0.4, 0.5) is 5.95 Å². The Kier molecular flexibility index (Phi) is 3.84. The van der Waals surface area contributed by atoms with Crippen molar-refractivity contribution < 1.29 is 4.74 Å². The molecule has 1 aromatic heterocycles. The Morgan fingerprint density at radius 2 is 1.95 bits per heavy atom. The van der Waals surface area contributed by atoms with Crippen molar-refractivity contribution in [2.24, 2.45) is 0 Å². The maximum Gasteiger partial charge on any atom is 0.206 e. The van der Waals surface area contributed by atoms with Gasteiger partial charge in [0.1, 0.15) is 11.3 Å². The van der Waals surface area contributed by atoms with Crippen LogP contribution in [0.3, 0.4) is 0 Å². The number of nitrogens with zero attached hydrogens (tertiary/aromatic N) is 2. The number of rotatable bonds is 4. The first-order valence-electron chi connectivity index (χ1n) is 6.86. The molecule has 2 aromatic carbocycles. The highest BCUT2D eigenvalue weighted by molar-refractivity contribution is 9.10. The van der Waals surface area contributed by atoms with Crippen molar-refractivity contribution in [2.45, 2.75) is 13.3 Å². The van der Waals surface area contributed by atoms with Crippen LogP contribution in [0.1, 0.15) is 13.3 Å². The van der Waals surface area contributed by atoms with Crippen molar-refractivity contribution in [3.8, 4) is 11.4 Å². The van der Waals surface area contributed by atoms with Crippen LogP contribution in [0, 0.1) is 0 Å². The summed E-state index contributed by atoms with van der Waals surface area (Å²) in [7, 11) is 0. The molecule has 0 aliphatic carbocycles. The molecular weight excluding hydrogens is 330 g/mol. The van der Waals surface area contributed by atoms with E-state index in [-0.39, 0.29) is 0 Å². The van der Waals surface area contributed by atoms with E-state index in [4.69, 9.17) is 10.5 Å². The van der Waals surface area contributed by atoms with E-state index in [2.05, 4.69) is 27.8 Å². The number of hydrogen-bond donors (Lipinski definition) is 1. The molecule has 108 valence electrons. The van der Waals surface area contributed by atoms with Gasteiger partial charge in [0.15, 0.2) is 0 Å². The van der Waals surface area contributed by atoms with E-state index in [1.54, 1.807) is 0 Å². The number of para-hydroxylation sites is 1. The highest BCUT2D eigenvalue weighted by Gasteiger charge is 2.13. The van der Waals surface area contributed by atoms with E-state index >= 15 is 0 Å². The summed E-state index contributed by atoms with van der Waals surface area (Å²) >= 11 is 3.44. The lowest BCUT2D eigenvalue weighted by atomic mass is 10.2. The van der Waals surface area contributed by atoms with Crippen molar-refractivity contribution in [1.29, 1.82) is 0 Å². The maximum atomic E-state index is 6.11. The smallest absolute Gasteiger partial charge is 0.206 e. The molecule has 0 amide bonds. The Bertz CT molecular complexity index is 765.